The van der Waals surface area contributed by atoms with Gasteiger partial charge in [-0.1, -0.05) is 33.1 Å². The van der Waals surface area contributed by atoms with Crippen LogP contribution in [0.5, 0.6) is 0 Å². The SMILES string of the molecule is CCC(C)C(NC(=O)OC(C)(C)C)C(=O)NC1CCCC1. The van der Waals surface area contributed by atoms with Gasteiger partial charge < -0.3 is 15.4 Å². The summed E-state index contributed by atoms with van der Waals surface area (Å²) in [5.74, 6) is -0.0268. The second-order valence-corrected chi connectivity index (χ2v) is 7.00. The molecular formula is C16H30N2O3. The molecule has 5 heteroatoms. The number of hydrogen-bond donors (Lipinski definition) is 2. The van der Waals surface area contributed by atoms with Gasteiger partial charge in [0.25, 0.3) is 0 Å². The molecule has 1 aliphatic rings. The first kappa shape index (κ1) is 17.8. The standard InChI is InChI=1S/C16H30N2O3/c1-6-11(2)13(18-15(20)21-16(3,4)5)14(19)17-12-9-7-8-10-12/h11-13H,6-10H2,1-5H3,(H,17,19)(H,18,20). The van der Waals surface area contributed by atoms with Gasteiger partial charge in [0.2, 0.25) is 5.91 Å². The Morgan fingerprint density at radius 3 is 2.29 bits per heavy atom. The summed E-state index contributed by atoms with van der Waals surface area (Å²) in [6.07, 6.45) is 4.68. The number of ether oxygens (including phenoxy) is 1. The predicted octanol–water partition coefficient (Wildman–Crippen LogP) is 2.98. The molecule has 2 atom stereocenters. The second-order valence-electron chi connectivity index (χ2n) is 7.00. The van der Waals surface area contributed by atoms with E-state index >= 15 is 0 Å². The molecule has 0 aliphatic heterocycles. The second kappa shape index (κ2) is 7.66. The Hall–Kier alpha value is -1.26. The summed E-state index contributed by atoms with van der Waals surface area (Å²) >= 11 is 0. The van der Waals surface area contributed by atoms with Crippen molar-refractivity contribution in [2.24, 2.45) is 5.92 Å². The van der Waals surface area contributed by atoms with Crippen molar-refractivity contribution in [3.63, 3.8) is 0 Å². The maximum Gasteiger partial charge on any atom is 0.408 e. The lowest BCUT2D eigenvalue weighted by Gasteiger charge is -2.27. The van der Waals surface area contributed by atoms with Gasteiger partial charge in [-0.05, 0) is 39.5 Å². The molecule has 0 radical (unpaired) electrons. The first-order valence-electron chi connectivity index (χ1n) is 8.03. The van der Waals surface area contributed by atoms with E-state index < -0.39 is 17.7 Å². The smallest absolute Gasteiger partial charge is 0.408 e. The average molecular weight is 298 g/mol. The molecule has 0 spiro atoms. The first-order chi connectivity index (χ1) is 9.73. The monoisotopic (exact) mass is 298 g/mol. The zero-order valence-corrected chi connectivity index (χ0v) is 14.0. The van der Waals surface area contributed by atoms with Gasteiger partial charge in [-0.15, -0.1) is 0 Å². The van der Waals surface area contributed by atoms with Gasteiger partial charge in [0, 0.05) is 6.04 Å². The molecule has 1 saturated carbocycles. The van der Waals surface area contributed by atoms with Gasteiger partial charge in [-0.25, -0.2) is 4.79 Å². The third-order valence-electron chi connectivity index (χ3n) is 3.87. The maximum atomic E-state index is 12.4. The van der Waals surface area contributed by atoms with Gasteiger partial charge in [0.05, 0.1) is 0 Å². The largest absolute Gasteiger partial charge is 0.444 e. The molecule has 0 aromatic carbocycles. The number of hydrogen-bond acceptors (Lipinski definition) is 3. The van der Waals surface area contributed by atoms with Crippen molar-refractivity contribution in [3.05, 3.63) is 0 Å². The van der Waals surface area contributed by atoms with E-state index in [1.54, 1.807) is 0 Å². The summed E-state index contributed by atoms with van der Waals surface area (Å²) in [6, 6.07) is -0.282. The minimum Gasteiger partial charge on any atom is -0.444 e. The lowest BCUT2D eigenvalue weighted by Crippen LogP contribution is -2.53. The fourth-order valence-corrected chi connectivity index (χ4v) is 2.50. The molecule has 21 heavy (non-hydrogen) atoms. The van der Waals surface area contributed by atoms with Crippen LogP contribution in [-0.4, -0.2) is 29.7 Å². The zero-order valence-electron chi connectivity index (χ0n) is 14.0. The van der Waals surface area contributed by atoms with Gasteiger partial charge in [-0.3, -0.25) is 4.79 Å². The highest BCUT2D eigenvalue weighted by Gasteiger charge is 2.30. The molecule has 5 nitrogen and oxygen atoms in total. The maximum absolute atomic E-state index is 12.4. The van der Waals surface area contributed by atoms with Crippen molar-refractivity contribution in [2.75, 3.05) is 0 Å². The number of carbonyl (C=O) groups is 2. The van der Waals surface area contributed by atoms with E-state index in [2.05, 4.69) is 10.6 Å². The van der Waals surface area contributed by atoms with Crippen LogP contribution in [0.3, 0.4) is 0 Å². The fourth-order valence-electron chi connectivity index (χ4n) is 2.50. The van der Waals surface area contributed by atoms with Crippen LogP contribution in [0, 0.1) is 5.92 Å². The third-order valence-corrected chi connectivity index (χ3v) is 3.87. The molecule has 2 N–H and O–H groups in total. The lowest BCUT2D eigenvalue weighted by atomic mass is 9.98. The molecule has 2 unspecified atom stereocenters. The van der Waals surface area contributed by atoms with E-state index in [0.717, 1.165) is 19.3 Å². The molecule has 1 aliphatic carbocycles. The van der Waals surface area contributed by atoms with Crippen molar-refractivity contribution < 1.29 is 14.3 Å². The lowest BCUT2D eigenvalue weighted by molar-refractivity contribution is -0.125. The van der Waals surface area contributed by atoms with Crippen molar-refractivity contribution in [1.29, 1.82) is 0 Å². The Balaban J connectivity index is 2.61. The summed E-state index contributed by atoms with van der Waals surface area (Å²) in [5, 5.41) is 5.78. The van der Waals surface area contributed by atoms with E-state index in [0.29, 0.717) is 0 Å². The van der Waals surface area contributed by atoms with Crippen LogP contribution in [0.2, 0.25) is 0 Å². The van der Waals surface area contributed by atoms with Crippen LogP contribution in [0.15, 0.2) is 0 Å². The Labute approximate surface area is 128 Å². The average Bonchev–Trinajstić information content (AvgIpc) is 2.85. The summed E-state index contributed by atoms with van der Waals surface area (Å²) in [5.41, 5.74) is -0.563. The van der Waals surface area contributed by atoms with E-state index in [9.17, 15) is 9.59 Å². The Morgan fingerprint density at radius 1 is 1.24 bits per heavy atom. The molecule has 1 fully saturated rings. The topological polar surface area (TPSA) is 67.4 Å². The van der Waals surface area contributed by atoms with Gasteiger partial charge in [0.15, 0.2) is 0 Å². The molecule has 2 amide bonds. The third kappa shape index (κ3) is 6.36. The van der Waals surface area contributed by atoms with Crippen molar-refractivity contribution in [2.45, 2.75) is 84.4 Å². The van der Waals surface area contributed by atoms with Gasteiger partial charge in [-0.2, -0.15) is 0 Å². The predicted molar refractivity (Wildman–Crippen MR) is 83.0 cm³/mol. The van der Waals surface area contributed by atoms with E-state index in [1.165, 1.54) is 12.8 Å². The van der Waals surface area contributed by atoms with Crippen molar-refractivity contribution >= 4 is 12.0 Å². The Morgan fingerprint density at radius 2 is 1.81 bits per heavy atom. The molecule has 0 bridgehead atoms. The molecule has 122 valence electrons. The molecular weight excluding hydrogens is 268 g/mol. The number of rotatable bonds is 5. The van der Waals surface area contributed by atoms with Crippen LogP contribution < -0.4 is 10.6 Å². The summed E-state index contributed by atoms with van der Waals surface area (Å²) in [6.45, 7) is 9.41. The molecule has 0 aromatic heterocycles. The zero-order chi connectivity index (χ0) is 16.0. The molecule has 0 aromatic rings. The highest BCUT2D eigenvalue weighted by molar-refractivity contribution is 5.86. The van der Waals surface area contributed by atoms with Crippen LogP contribution in [-0.2, 0) is 9.53 Å². The molecule has 0 heterocycles. The van der Waals surface area contributed by atoms with E-state index in [4.69, 9.17) is 4.74 Å². The van der Waals surface area contributed by atoms with Crippen molar-refractivity contribution in [1.82, 2.24) is 10.6 Å². The normalized spacial score (nSPS) is 18.9. The molecule has 1 rings (SSSR count). The van der Waals surface area contributed by atoms with Gasteiger partial charge in [0.1, 0.15) is 11.6 Å². The molecule has 0 saturated heterocycles. The van der Waals surface area contributed by atoms with Crippen molar-refractivity contribution in [3.8, 4) is 0 Å². The highest BCUT2D eigenvalue weighted by Crippen LogP contribution is 2.18. The summed E-state index contributed by atoms with van der Waals surface area (Å²) in [4.78, 5) is 24.3. The number of nitrogens with one attached hydrogen (secondary N) is 2. The van der Waals surface area contributed by atoms with Crippen LogP contribution in [0.1, 0.15) is 66.7 Å². The number of carbonyl (C=O) groups excluding carboxylic acids is 2. The fraction of sp³-hybridized carbons (Fsp3) is 0.875. The highest BCUT2D eigenvalue weighted by atomic mass is 16.6. The van der Waals surface area contributed by atoms with Crippen LogP contribution in [0.4, 0.5) is 4.79 Å². The van der Waals surface area contributed by atoms with E-state index in [1.807, 2.05) is 34.6 Å². The minimum absolute atomic E-state index is 0.0684. The van der Waals surface area contributed by atoms with E-state index in [-0.39, 0.29) is 17.9 Å². The number of alkyl carbamates (subject to hydrolysis) is 1. The van der Waals surface area contributed by atoms with Crippen LogP contribution >= 0.6 is 0 Å². The number of amides is 2. The van der Waals surface area contributed by atoms with Gasteiger partial charge >= 0.3 is 6.09 Å². The summed E-state index contributed by atoms with van der Waals surface area (Å²) in [7, 11) is 0. The summed E-state index contributed by atoms with van der Waals surface area (Å²) < 4.78 is 5.25. The quantitative estimate of drug-likeness (QED) is 0.820. The first-order valence-corrected chi connectivity index (χ1v) is 8.03. The Bertz CT molecular complexity index is 357. The minimum atomic E-state index is -0.563. The van der Waals surface area contributed by atoms with Crippen LogP contribution in [0.25, 0.3) is 0 Å². The Kier molecular flexibility index (Phi) is 6.49.